The molecule has 176 valence electrons. The van der Waals surface area contributed by atoms with Gasteiger partial charge in [-0.05, 0) is 54.8 Å². The van der Waals surface area contributed by atoms with Crippen molar-refractivity contribution in [3.05, 3.63) is 69.3 Å². The number of methoxy groups -OCH3 is 1. The molecule has 2 aromatic carbocycles. The average molecular weight is 500 g/mol. The van der Waals surface area contributed by atoms with Crippen LogP contribution < -0.4 is 10.2 Å². The fraction of sp³-hybridized carbons (Fsp3) is 0.333. The van der Waals surface area contributed by atoms with Gasteiger partial charge in [0.2, 0.25) is 11.8 Å². The van der Waals surface area contributed by atoms with E-state index < -0.39 is 5.41 Å². The Morgan fingerprint density at radius 3 is 2.62 bits per heavy atom. The van der Waals surface area contributed by atoms with Crippen LogP contribution in [0.2, 0.25) is 10.0 Å². The molecule has 1 unspecified atom stereocenters. The van der Waals surface area contributed by atoms with Crippen LogP contribution in [0.5, 0.6) is 0 Å². The summed E-state index contributed by atoms with van der Waals surface area (Å²) in [5.41, 5.74) is 1.37. The minimum atomic E-state index is -1.29. The third-order valence-corrected chi connectivity index (χ3v) is 7.06. The Hall–Kier alpha value is -2.94. The number of anilines is 2. The molecule has 2 aliphatic heterocycles. The Labute approximate surface area is 206 Å². The maximum Gasteiger partial charge on any atom is 0.241 e. The summed E-state index contributed by atoms with van der Waals surface area (Å²) in [6.45, 7) is 2.88. The van der Waals surface area contributed by atoms with Crippen LogP contribution in [0.25, 0.3) is 0 Å². The monoisotopic (exact) mass is 499 g/mol. The van der Waals surface area contributed by atoms with E-state index in [4.69, 9.17) is 27.9 Å². The van der Waals surface area contributed by atoms with E-state index in [0.29, 0.717) is 52.4 Å². The number of hydrogen-bond acceptors (Lipinski definition) is 5. The molecule has 0 radical (unpaired) electrons. The second-order valence-corrected chi connectivity index (χ2v) is 9.42. The van der Waals surface area contributed by atoms with Gasteiger partial charge in [-0.15, -0.1) is 5.10 Å². The topological polar surface area (TPSA) is 89.3 Å². The Kier molecular flexibility index (Phi) is 5.83. The summed E-state index contributed by atoms with van der Waals surface area (Å²) in [7, 11) is 1.62. The lowest BCUT2D eigenvalue weighted by Gasteiger charge is -2.37. The number of halogens is 2. The lowest BCUT2D eigenvalue weighted by molar-refractivity contribution is -0.126. The van der Waals surface area contributed by atoms with Gasteiger partial charge in [0, 0.05) is 36.0 Å². The first-order valence-electron chi connectivity index (χ1n) is 11.0. The highest BCUT2D eigenvalue weighted by Crippen LogP contribution is 2.51. The standard InChI is InChI=1S/C24H23Cl2N5O3/c1-14(15-4-6-16(25)7-5-15)31-22-21(28-29-31)24(13-20(32)30(22)10-3-11-34-2)18-12-17(26)8-9-19(18)27-23(24)33/h4-9,12,14H,3,10-11,13H2,1-2H3,(H,27,33)/t14?,24-/m1/s1. The van der Waals surface area contributed by atoms with Crippen molar-refractivity contribution in [2.75, 3.05) is 30.5 Å². The first kappa shape index (κ1) is 22.8. The van der Waals surface area contributed by atoms with Crippen molar-refractivity contribution in [2.24, 2.45) is 0 Å². The van der Waals surface area contributed by atoms with E-state index in [9.17, 15) is 9.59 Å². The summed E-state index contributed by atoms with van der Waals surface area (Å²) in [5, 5.41) is 13.0. The van der Waals surface area contributed by atoms with Gasteiger partial charge in [-0.2, -0.15) is 0 Å². The number of nitrogens with zero attached hydrogens (tertiary/aromatic N) is 4. The molecule has 0 saturated heterocycles. The molecular weight excluding hydrogens is 477 g/mol. The minimum Gasteiger partial charge on any atom is -0.385 e. The van der Waals surface area contributed by atoms with Crippen molar-refractivity contribution in [2.45, 2.75) is 31.2 Å². The molecule has 2 amide bonds. The third kappa shape index (κ3) is 3.48. The number of fused-ring (bicyclic) bond motifs is 4. The van der Waals surface area contributed by atoms with E-state index in [0.717, 1.165) is 5.56 Å². The highest BCUT2D eigenvalue weighted by Gasteiger charge is 2.57. The second kappa shape index (κ2) is 8.69. The summed E-state index contributed by atoms with van der Waals surface area (Å²) in [5.74, 6) is 0.0262. The Morgan fingerprint density at radius 2 is 1.88 bits per heavy atom. The average Bonchev–Trinajstić information content (AvgIpc) is 3.37. The number of carbonyl (C=O) groups excluding carboxylic acids is 2. The lowest BCUT2D eigenvalue weighted by Crippen LogP contribution is -2.49. The van der Waals surface area contributed by atoms with Gasteiger partial charge in [0.25, 0.3) is 0 Å². The van der Waals surface area contributed by atoms with Crippen LogP contribution in [-0.2, 0) is 19.7 Å². The summed E-state index contributed by atoms with van der Waals surface area (Å²) >= 11 is 12.4. The molecule has 34 heavy (non-hydrogen) atoms. The van der Waals surface area contributed by atoms with Crippen molar-refractivity contribution in [1.29, 1.82) is 0 Å². The normalized spacial score (nSPS) is 19.8. The molecule has 0 fully saturated rings. The summed E-state index contributed by atoms with van der Waals surface area (Å²) in [4.78, 5) is 28.7. The molecule has 0 aliphatic carbocycles. The maximum absolute atomic E-state index is 13.6. The van der Waals surface area contributed by atoms with Gasteiger partial charge in [0.05, 0.1) is 12.5 Å². The van der Waals surface area contributed by atoms with Crippen LogP contribution in [0.15, 0.2) is 42.5 Å². The van der Waals surface area contributed by atoms with Crippen LogP contribution in [0.1, 0.15) is 42.6 Å². The zero-order valence-electron chi connectivity index (χ0n) is 18.7. The van der Waals surface area contributed by atoms with Crippen molar-refractivity contribution in [1.82, 2.24) is 15.0 Å². The van der Waals surface area contributed by atoms with Gasteiger partial charge in [0.1, 0.15) is 11.1 Å². The molecule has 3 aromatic rings. The quantitative estimate of drug-likeness (QED) is 0.513. The summed E-state index contributed by atoms with van der Waals surface area (Å²) in [6, 6.07) is 12.4. The van der Waals surface area contributed by atoms with E-state index in [-0.39, 0.29) is 24.3 Å². The zero-order valence-corrected chi connectivity index (χ0v) is 20.2. The number of ether oxygens (including phenoxy) is 1. The van der Waals surface area contributed by atoms with Gasteiger partial charge in [-0.25, -0.2) is 4.68 Å². The van der Waals surface area contributed by atoms with Gasteiger partial charge in [0.15, 0.2) is 5.82 Å². The minimum absolute atomic E-state index is 0.0554. The molecule has 10 heteroatoms. The van der Waals surface area contributed by atoms with Crippen LogP contribution >= 0.6 is 23.2 Å². The fourth-order valence-electron chi connectivity index (χ4n) is 4.82. The zero-order chi connectivity index (χ0) is 24.0. The van der Waals surface area contributed by atoms with Crippen molar-refractivity contribution in [3.8, 4) is 0 Å². The van der Waals surface area contributed by atoms with Crippen molar-refractivity contribution >= 4 is 46.5 Å². The Morgan fingerprint density at radius 1 is 1.15 bits per heavy atom. The molecular formula is C24H23Cl2N5O3. The first-order valence-corrected chi connectivity index (χ1v) is 11.7. The van der Waals surface area contributed by atoms with Crippen molar-refractivity contribution < 1.29 is 14.3 Å². The van der Waals surface area contributed by atoms with Crippen LogP contribution in [0, 0.1) is 0 Å². The Bertz CT molecular complexity index is 1280. The predicted molar refractivity (Wildman–Crippen MR) is 130 cm³/mol. The number of rotatable bonds is 6. The maximum atomic E-state index is 13.6. The summed E-state index contributed by atoms with van der Waals surface area (Å²) in [6.07, 6.45) is 0.573. The largest absolute Gasteiger partial charge is 0.385 e. The van der Waals surface area contributed by atoms with E-state index >= 15 is 0 Å². The molecule has 8 nitrogen and oxygen atoms in total. The fourth-order valence-corrected chi connectivity index (χ4v) is 5.12. The molecule has 3 heterocycles. The molecule has 1 spiro atoms. The number of benzene rings is 2. The highest BCUT2D eigenvalue weighted by atomic mass is 35.5. The molecule has 1 N–H and O–H groups in total. The first-order chi connectivity index (χ1) is 16.4. The second-order valence-electron chi connectivity index (χ2n) is 8.55. The number of hydrogen-bond donors (Lipinski definition) is 1. The number of carbonyl (C=O) groups is 2. The molecule has 0 bridgehead atoms. The molecule has 2 atom stereocenters. The van der Waals surface area contributed by atoms with Crippen LogP contribution in [-0.4, -0.2) is 47.1 Å². The van der Waals surface area contributed by atoms with Crippen LogP contribution in [0.3, 0.4) is 0 Å². The smallest absolute Gasteiger partial charge is 0.241 e. The number of aromatic nitrogens is 3. The van der Waals surface area contributed by atoms with Crippen LogP contribution in [0.4, 0.5) is 11.5 Å². The highest BCUT2D eigenvalue weighted by molar-refractivity contribution is 6.31. The lowest BCUT2D eigenvalue weighted by atomic mass is 9.73. The van der Waals surface area contributed by atoms with Crippen molar-refractivity contribution in [3.63, 3.8) is 0 Å². The van der Waals surface area contributed by atoms with E-state index in [1.54, 1.807) is 34.9 Å². The van der Waals surface area contributed by atoms with Gasteiger partial charge in [-0.3, -0.25) is 14.5 Å². The van der Waals surface area contributed by atoms with Gasteiger partial charge >= 0.3 is 0 Å². The third-order valence-electron chi connectivity index (χ3n) is 6.57. The number of amides is 2. The molecule has 5 rings (SSSR count). The van der Waals surface area contributed by atoms with Gasteiger partial charge < -0.3 is 10.1 Å². The predicted octanol–water partition coefficient (Wildman–Crippen LogP) is 4.21. The molecule has 1 aromatic heterocycles. The SMILES string of the molecule is COCCCN1C(=O)C[C@]2(C(=O)Nc3ccc(Cl)cc32)c2nnn(C(C)c3ccc(Cl)cc3)c21. The van der Waals surface area contributed by atoms with E-state index in [1.165, 1.54) is 0 Å². The van der Waals surface area contributed by atoms with E-state index in [2.05, 4.69) is 15.6 Å². The van der Waals surface area contributed by atoms with E-state index in [1.807, 2.05) is 31.2 Å². The Balaban J connectivity index is 1.69. The van der Waals surface area contributed by atoms with Gasteiger partial charge in [-0.1, -0.05) is 40.5 Å². The number of nitrogens with one attached hydrogen (secondary N) is 1. The summed E-state index contributed by atoms with van der Waals surface area (Å²) < 4.78 is 6.91. The molecule has 2 aliphatic rings. The molecule has 0 saturated carbocycles.